The second-order valence-corrected chi connectivity index (χ2v) is 6.25. The Bertz CT molecular complexity index is 1160. The molecular formula is C19H16ClN5O5. The molecule has 0 atom stereocenters. The molecular weight excluding hydrogens is 414 g/mol. The molecule has 11 heteroatoms. The number of phenols is 1. The first-order valence-electron chi connectivity index (χ1n) is 8.69. The lowest BCUT2D eigenvalue weighted by atomic mass is 10.2. The number of benzene rings is 2. The first-order chi connectivity index (χ1) is 14.4. The minimum Gasteiger partial charge on any atom is -0.500 e. The van der Waals surface area contributed by atoms with Gasteiger partial charge in [0.05, 0.1) is 29.6 Å². The molecule has 0 saturated carbocycles. The maximum absolute atomic E-state index is 12.5. The summed E-state index contributed by atoms with van der Waals surface area (Å²) in [7, 11) is 0. The van der Waals surface area contributed by atoms with Crippen LogP contribution in [0.1, 0.15) is 12.5 Å². The molecule has 3 rings (SSSR count). The number of nitro benzene ring substituents is 1. The molecule has 1 heterocycles. The van der Waals surface area contributed by atoms with E-state index in [-0.39, 0.29) is 28.6 Å². The quantitative estimate of drug-likeness (QED) is 0.334. The van der Waals surface area contributed by atoms with Crippen LogP contribution in [0, 0.1) is 10.1 Å². The van der Waals surface area contributed by atoms with Crippen LogP contribution < -0.4 is 15.7 Å². The van der Waals surface area contributed by atoms with Crippen LogP contribution in [0.15, 0.2) is 58.6 Å². The molecule has 0 saturated heterocycles. The lowest BCUT2D eigenvalue weighted by Gasteiger charge is -2.08. The van der Waals surface area contributed by atoms with Gasteiger partial charge in [-0.15, -0.1) is 0 Å². The Morgan fingerprint density at radius 1 is 1.37 bits per heavy atom. The predicted octanol–water partition coefficient (Wildman–Crippen LogP) is 3.34. The highest BCUT2D eigenvalue weighted by Crippen LogP contribution is 2.36. The van der Waals surface area contributed by atoms with E-state index >= 15 is 0 Å². The van der Waals surface area contributed by atoms with Gasteiger partial charge < -0.3 is 9.84 Å². The zero-order chi connectivity index (χ0) is 21.7. The maximum atomic E-state index is 12.5. The van der Waals surface area contributed by atoms with Crippen LogP contribution in [-0.4, -0.2) is 32.6 Å². The summed E-state index contributed by atoms with van der Waals surface area (Å²) in [6.45, 7) is 1.89. The molecule has 0 spiro atoms. The van der Waals surface area contributed by atoms with E-state index in [1.165, 1.54) is 18.5 Å². The number of hydrogen-bond donors (Lipinski definition) is 2. The van der Waals surface area contributed by atoms with Crippen molar-refractivity contribution < 1.29 is 14.8 Å². The van der Waals surface area contributed by atoms with E-state index in [1.807, 2.05) is 6.07 Å². The number of nitro groups is 1. The second kappa shape index (κ2) is 9.05. The SMILES string of the molecule is CCOc1cc(/C=N/Nc2cnn(-c3ccccc3)c(=O)c2Cl)cc([N+](=O)[O-])c1O. The summed E-state index contributed by atoms with van der Waals surface area (Å²) < 4.78 is 6.36. The van der Waals surface area contributed by atoms with Crippen LogP contribution in [0.5, 0.6) is 11.5 Å². The largest absolute Gasteiger partial charge is 0.500 e. The number of rotatable bonds is 7. The van der Waals surface area contributed by atoms with Gasteiger partial charge in [-0.1, -0.05) is 29.8 Å². The van der Waals surface area contributed by atoms with Crippen molar-refractivity contribution in [2.24, 2.45) is 5.10 Å². The third kappa shape index (κ3) is 4.39. The van der Waals surface area contributed by atoms with Crippen molar-refractivity contribution in [3.8, 4) is 17.2 Å². The van der Waals surface area contributed by atoms with Crippen LogP contribution in [0.4, 0.5) is 11.4 Å². The molecule has 0 unspecified atom stereocenters. The number of hydrazone groups is 1. The van der Waals surface area contributed by atoms with Crippen molar-refractivity contribution >= 4 is 29.2 Å². The number of para-hydroxylation sites is 1. The molecule has 0 amide bonds. The number of nitrogens with zero attached hydrogens (tertiary/aromatic N) is 4. The van der Waals surface area contributed by atoms with Gasteiger partial charge in [0.1, 0.15) is 10.7 Å². The van der Waals surface area contributed by atoms with E-state index in [0.717, 1.165) is 10.7 Å². The highest BCUT2D eigenvalue weighted by Gasteiger charge is 2.19. The molecule has 0 aliphatic rings. The minimum atomic E-state index is -0.730. The molecule has 0 bridgehead atoms. The molecule has 0 fully saturated rings. The summed E-state index contributed by atoms with van der Waals surface area (Å²) in [6.07, 6.45) is 2.59. The number of halogens is 1. The fraction of sp³-hybridized carbons (Fsp3) is 0.105. The molecule has 0 aliphatic heterocycles. The van der Waals surface area contributed by atoms with E-state index in [1.54, 1.807) is 31.2 Å². The summed E-state index contributed by atoms with van der Waals surface area (Å²) in [6, 6.07) is 11.3. The van der Waals surface area contributed by atoms with Crippen molar-refractivity contribution in [2.75, 3.05) is 12.0 Å². The normalized spacial score (nSPS) is 10.9. The number of anilines is 1. The Morgan fingerprint density at radius 3 is 2.77 bits per heavy atom. The maximum Gasteiger partial charge on any atom is 0.315 e. The summed E-state index contributed by atoms with van der Waals surface area (Å²) >= 11 is 6.13. The Labute approximate surface area is 175 Å². The smallest absolute Gasteiger partial charge is 0.315 e. The molecule has 2 aromatic carbocycles. The minimum absolute atomic E-state index is 0.0432. The van der Waals surface area contributed by atoms with Gasteiger partial charge in [0.15, 0.2) is 5.75 Å². The molecule has 1 aromatic heterocycles. The number of nitrogens with one attached hydrogen (secondary N) is 1. The van der Waals surface area contributed by atoms with Crippen LogP contribution >= 0.6 is 11.6 Å². The first-order valence-corrected chi connectivity index (χ1v) is 9.06. The number of ether oxygens (including phenoxy) is 1. The Morgan fingerprint density at radius 2 is 2.10 bits per heavy atom. The summed E-state index contributed by atoms with van der Waals surface area (Å²) in [5.41, 5.74) is 2.52. The fourth-order valence-corrected chi connectivity index (χ4v) is 2.70. The Kier molecular flexibility index (Phi) is 6.28. The van der Waals surface area contributed by atoms with Gasteiger partial charge in [0.2, 0.25) is 5.75 Å². The second-order valence-electron chi connectivity index (χ2n) is 5.87. The molecule has 0 aliphatic carbocycles. The van der Waals surface area contributed by atoms with E-state index in [2.05, 4.69) is 15.6 Å². The van der Waals surface area contributed by atoms with Crippen molar-refractivity contribution in [3.05, 3.63) is 79.7 Å². The molecule has 10 nitrogen and oxygen atoms in total. The highest BCUT2D eigenvalue weighted by atomic mass is 35.5. The average Bonchev–Trinajstić information content (AvgIpc) is 2.74. The number of phenolic OH excluding ortho intramolecular Hbond substituents is 1. The molecule has 0 radical (unpaired) electrons. The zero-order valence-corrected chi connectivity index (χ0v) is 16.4. The van der Waals surface area contributed by atoms with Crippen LogP contribution in [0.25, 0.3) is 5.69 Å². The Balaban J connectivity index is 1.86. The average molecular weight is 430 g/mol. The van der Waals surface area contributed by atoms with Gasteiger partial charge in [0.25, 0.3) is 5.56 Å². The van der Waals surface area contributed by atoms with Crippen LogP contribution in [0.2, 0.25) is 5.02 Å². The van der Waals surface area contributed by atoms with Gasteiger partial charge in [0, 0.05) is 11.6 Å². The van der Waals surface area contributed by atoms with Crippen LogP contribution in [0.3, 0.4) is 0 Å². The molecule has 30 heavy (non-hydrogen) atoms. The molecule has 3 aromatic rings. The number of aromatic hydroxyl groups is 1. The molecule has 154 valence electrons. The van der Waals surface area contributed by atoms with Gasteiger partial charge in [-0.2, -0.15) is 14.9 Å². The summed E-state index contributed by atoms with van der Waals surface area (Å²) in [4.78, 5) is 22.8. The highest BCUT2D eigenvalue weighted by molar-refractivity contribution is 6.32. The van der Waals surface area contributed by atoms with Gasteiger partial charge in [-0.05, 0) is 25.1 Å². The van der Waals surface area contributed by atoms with Gasteiger partial charge >= 0.3 is 5.69 Å². The number of hydrogen-bond acceptors (Lipinski definition) is 8. The summed E-state index contributed by atoms with van der Waals surface area (Å²) in [5.74, 6) is -0.609. The summed E-state index contributed by atoms with van der Waals surface area (Å²) in [5, 5.41) is 28.9. The first kappa shape index (κ1) is 20.8. The standard InChI is InChI=1S/C19H16ClN5O5/c1-2-30-16-9-12(8-15(18(16)26)25(28)29)10-21-23-14-11-22-24(19(27)17(14)20)13-6-4-3-5-7-13/h3-11,23,26H,2H2,1H3/b21-10+. The Hall–Kier alpha value is -3.92. The van der Waals surface area contributed by atoms with Crippen LogP contribution in [-0.2, 0) is 0 Å². The van der Waals surface area contributed by atoms with Gasteiger partial charge in [-0.25, -0.2) is 0 Å². The fourth-order valence-electron chi connectivity index (χ4n) is 2.53. The van der Waals surface area contributed by atoms with Crippen molar-refractivity contribution in [3.63, 3.8) is 0 Å². The lowest BCUT2D eigenvalue weighted by Crippen LogP contribution is -2.22. The third-order valence-electron chi connectivity index (χ3n) is 3.89. The van der Waals surface area contributed by atoms with E-state index in [4.69, 9.17) is 16.3 Å². The zero-order valence-electron chi connectivity index (χ0n) is 15.7. The topological polar surface area (TPSA) is 132 Å². The van der Waals surface area contributed by atoms with Crippen molar-refractivity contribution in [1.29, 1.82) is 0 Å². The van der Waals surface area contributed by atoms with Crippen molar-refractivity contribution in [2.45, 2.75) is 6.92 Å². The lowest BCUT2D eigenvalue weighted by molar-refractivity contribution is -0.386. The van der Waals surface area contributed by atoms with E-state index < -0.39 is 21.9 Å². The van der Waals surface area contributed by atoms with Crippen molar-refractivity contribution in [1.82, 2.24) is 9.78 Å². The van der Waals surface area contributed by atoms with E-state index in [9.17, 15) is 20.0 Å². The number of aromatic nitrogens is 2. The van der Waals surface area contributed by atoms with Gasteiger partial charge in [-0.3, -0.25) is 20.3 Å². The van der Waals surface area contributed by atoms with E-state index in [0.29, 0.717) is 5.69 Å². The third-order valence-corrected chi connectivity index (χ3v) is 4.26. The predicted molar refractivity (Wildman–Crippen MR) is 112 cm³/mol. The monoisotopic (exact) mass is 429 g/mol. The molecule has 2 N–H and O–H groups in total.